The molecule has 1 aromatic heterocycles. The van der Waals surface area contributed by atoms with Crippen LogP contribution in [-0.4, -0.2) is 15.2 Å². The molecule has 0 saturated heterocycles. The van der Waals surface area contributed by atoms with Crippen molar-refractivity contribution < 1.29 is 0 Å². The number of para-hydroxylation sites is 1. The molecule has 50 valence electrons. The first-order chi connectivity index (χ1) is 4.88. The first-order valence-corrected chi connectivity index (χ1v) is 4.40. The monoisotopic (exact) mass is 147 g/mol. The van der Waals surface area contributed by atoms with E-state index in [1.807, 2.05) is 0 Å². The second kappa shape index (κ2) is 1.99. The molecule has 0 fully saturated rings. The summed E-state index contributed by atoms with van der Waals surface area (Å²) in [5.41, 5.74) is 1.26. The Morgan fingerprint density at radius 2 is 2.00 bits per heavy atom. The predicted molar refractivity (Wildman–Crippen MR) is 47.9 cm³/mol. The van der Waals surface area contributed by atoms with Crippen molar-refractivity contribution in [1.82, 2.24) is 4.98 Å². The van der Waals surface area contributed by atoms with Crippen molar-refractivity contribution in [2.45, 2.75) is 0 Å². The van der Waals surface area contributed by atoms with Gasteiger partial charge in [0.15, 0.2) is 0 Å². The Balaban J connectivity index is 2.93. The van der Waals surface area contributed by atoms with E-state index in [1.54, 1.807) is 0 Å². The smallest absolute Gasteiger partial charge is 0.0452 e. The number of rotatable bonds is 0. The minimum Gasteiger partial charge on any atom is -0.361 e. The standard InChI is InChI=1S/C8H9NSi/c10-8-5-9-7-4-2-1-3-6(7)8/h1-5,9H,10H3. The maximum Gasteiger partial charge on any atom is 0.0452 e. The fraction of sp³-hybridized carbons (Fsp3) is 0. The van der Waals surface area contributed by atoms with Crippen LogP contribution in [0.4, 0.5) is 0 Å². The number of hydrogen-bond acceptors (Lipinski definition) is 0. The normalized spacial score (nSPS) is 10.8. The summed E-state index contributed by atoms with van der Waals surface area (Å²) < 4.78 is 0. The van der Waals surface area contributed by atoms with Gasteiger partial charge in [0, 0.05) is 15.8 Å². The maximum absolute atomic E-state index is 3.22. The van der Waals surface area contributed by atoms with E-state index in [-0.39, 0.29) is 0 Å². The van der Waals surface area contributed by atoms with Crippen molar-refractivity contribution in [3.8, 4) is 0 Å². The van der Waals surface area contributed by atoms with Crippen molar-refractivity contribution in [2.75, 3.05) is 0 Å². The van der Waals surface area contributed by atoms with Gasteiger partial charge in [-0.3, -0.25) is 0 Å². The average molecular weight is 147 g/mol. The van der Waals surface area contributed by atoms with E-state index in [1.165, 1.54) is 16.1 Å². The lowest BCUT2D eigenvalue weighted by Gasteiger charge is -1.86. The molecule has 2 rings (SSSR count). The Morgan fingerprint density at radius 1 is 1.20 bits per heavy atom. The molecule has 0 aliphatic carbocycles. The van der Waals surface area contributed by atoms with Gasteiger partial charge in [-0.2, -0.15) is 0 Å². The Kier molecular flexibility index (Phi) is 1.14. The van der Waals surface area contributed by atoms with E-state index >= 15 is 0 Å². The molecule has 1 heterocycles. The second-order valence-electron chi connectivity index (χ2n) is 2.52. The summed E-state index contributed by atoms with van der Waals surface area (Å²) in [5, 5.41) is 2.84. The van der Waals surface area contributed by atoms with Gasteiger partial charge in [0.25, 0.3) is 0 Å². The molecule has 0 spiro atoms. The number of benzene rings is 1. The summed E-state index contributed by atoms with van der Waals surface area (Å²) in [6.07, 6.45) is 2.09. The average Bonchev–Trinajstić information content (AvgIpc) is 2.34. The Morgan fingerprint density at radius 3 is 2.80 bits per heavy atom. The zero-order chi connectivity index (χ0) is 6.97. The molecule has 0 unspecified atom stereocenters. The maximum atomic E-state index is 3.22. The highest BCUT2D eigenvalue weighted by Crippen LogP contribution is 2.06. The minimum atomic E-state index is 1.13. The molecule has 0 atom stereocenters. The first-order valence-electron chi connectivity index (χ1n) is 3.40. The summed E-state index contributed by atoms with van der Waals surface area (Å²) in [7, 11) is 1.13. The van der Waals surface area contributed by atoms with E-state index in [0.29, 0.717) is 0 Å². The van der Waals surface area contributed by atoms with Gasteiger partial charge in [-0.05, 0) is 22.8 Å². The topological polar surface area (TPSA) is 15.8 Å². The van der Waals surface area contributed by atoms with Crippen LogP contribution in [0.15, 0.2) is 30.5 Å². The molecule has 10 heavy (non-hydrogen) atoms. The van der Waals surface area contributed by atoms with E-state index in [0.717, 1.165) is 10.2 Å². The largest absolute Gasteiger partial charge is 0.361 e. The van der Waals surface area contributed by atoms with Crippen molar-refractivity contribution in [3.63, 3.8) is 0 Å². The van der Waals surface area contributed by atoms with Crippen LogP contribution >= 0.6 is 0 Å². The van der Waals surface area contributed by atoms with E-state index < -0.39 is 0 Å². The van der Waals surface area contributed by atoms with Crippen LogP contribution in [0.2, 0.25) is 0 Å². The van der Waals surface area contributed by atoms with Crippen LogP contribution in [-0.2, 0) is 0 Å². The summed E-state index contributed by atoms with van der Waals surface area (Å²) in [6, 6.07) is 8.41. The van der Waals surface area contributed by atoms with Crippen LogP contribution in [0.5, 0.6) is 0 Å². The summed E-state index contributed by atoms with van der Waals surface area (Å²) in [6.45, 7) is 0. The SMILES string of the molecule is [SiH3]c1c[nH]c2ccccc12. The number of aromatic amines is 1. The lowest BCUT2D eigenvalue weighted by molar-refractivity contribution is 1.49. The molecule has 0 bridgehead atoms. The van der Waals surface area contributed by atoms with E-state index in [2.05, 4.69) is 35.4 Å². The number of nitrogens with one attached hydrogen (secondary N) is 1. The third-order valence-corrected chi connectivity index (χ3v) is 2.62. The predicted octanol–water partition coefficient (Wildman–Crippen LogP) is 0.159. The van der Waals surface area contributed by atoms with E-state index in [9.17, 15) is 0 Å². The Bertz CT molecular complexity index is 351. The molecule has 1 N–H and O–H groups in total. The number of H-pyrrole nitrogens is 1. The summed E-state index contributed by atoms with van der Waals surface area (Å²) >= 11 is 0. The molecule has 2 heteroatoms. The highest BCUT2D eigenvalue weighted by molar-refractivity contribution is 6.38. The van der Waals surface area contributed by atoms with Gasteiger partial charge >= 0.3 is 0 Å². The number of aromatic nitrogens is 1. The minimum absolute atomic E-state index is 1.13. The summed E-state index contributed by atoms with van der Waals surface area (Å²) in [5.74, 6) is 0. The quantitative estimate of drug-likeness (QED) is 0.511. The molecule has 0 amide bonds. The third kappa shape index (κ3) is 0.692. The van der Waals surface area contributed by atoms with Gasteiger partial charge in [0.1, 0.15) is 0 Å². The number of hydrogen-bond donors (Lipinski definition) is 1. The van der Waals surface area contributed by atoms with Gasteiger partial charge < -0.3 is 4.98 Å². The van der Waals surface area contributed by atoms with Crippen molar-refractivity contribution in [3.05, 3.63) is 30.5 Å². The fourth-order valence-electron chi connectivity index (χ4n) is 1.22. The molecule has 0 saturated carbocycles. The van der Waals surface area contributed by atoms with Gasteiger partial charge in [-0.1, -0.05) is 18.2 Å². The van der Waals surface area contributed by atoms with Gasteiger partial charge in [-0.25, -0.2) is 0 Å². The van der Waals surface area contributed by atoms with Gasteiger partial charge in [0.05, 0.1) is 0 Å². The lowest BCUT2D eigenvalue weighted by Crippen LogP contribution is -1.96. The van der Waals surface area contributed by atoms with E-state index in [4.69, 9.17) is 0 Å². The van der Waals surface area contributed by atoms with Crippen LogP contribution in [0.25, 0.3) is 10.9 Å². The van der Waals surface area contributed by atoms with Crippen LogP contribution in [0, 0.1) is 0 Å². The highest BCUT2D eigenvalue weighted by atomic mass is 28.1. The Labute approximate surface area is 62.5 Å². The number of fused-ring (bicyclic) bond motifs is 1. The first kappa shape index (κ1) is 5.74. The van der Waals surface area contributed by atoms with Crippen molar-refractivity contribution >= 4 is 26.3 Å². The Hall–Kier alpha value is -1.02. The summed E-state index contributed by atoms with van der Waals surface area (Å²) in [4.78, 5) is 3.22. The second-order valence-corrected chi connectivity index (χ2v) is 3.59. The zero-order valence-corrected chi connectivity index (χ0v) is 7.89. The molecular weight excluding hydrogens is 138 g/mol. The molecule has 2 aromatic rings. The molecule has 0 aliphatic rings. The van der Waals surface area contributed by atoms with Gasteiger partial charge in [-0.15, -0.1) is 0 Å². The fourth-order valence-corrected chi connectivity index (χ4v) is 1.80. The zero-order valence-electron chi connectivity index (χ0n) is 5.89. The van der Waals surface area contributed by atoms with Crippen LogP contribution in [0.3, 0.4) is 0 Å². The third-order valence-electron chi connectivity index (χ3n) is 1.80. The molecule has 0 aliphatic heterocycles. The molecule has 0 radical (unpaired) electrons. The molecular formula is C8H9NSi. The molecule has 1 nitrogen and oxygen atoms in total. The van der Waals surface area contributed by atoms with Gasteiger partial charge in [0.2, 0.25) is 0 Å². The van der Waals surface area contributed by atoms with Crippen LogP contribution in [0.1, 0.15) is 0 Å². The molecule has 1 aromatic carbocycles. The highest BCUT2D eigenvalue weighted by Gasteiger charge is 1.94. The van der Waals surface area contributed by atoms with Crippen molar-refractivity contribution in [1.29, 1.82) is 0 Å². The van der Waals surface area contributed by atoms with Crippen LogP contribution < -0.4 is 5.19 Å². The van der Waals surface area contributed by atoms with Crippen molar-refractivity contribution in [2.24, 2.45) is 0 Å². The lowest BCUT2D eigenvalue weighted by atomic mass is 10.2.